The number of amides is 1. The molecule has 118 valence electrons. The standard InChI is InChI=1S/C17H26N2O.ClH/c1-3-11-19(16-9-10-18-13-16)17(20)12-15-7-5-14(4-2)6-8-15;/h5-8,16,18H,3-4,9-13H2,1-2H3;1H. The molecule has 0 aromatic heterocycles. The Bertz CT molecular complexity index is 427. The van der Waals surface area contributed by atoms with Crippen LogP contribution in [0.1, 0.15) is 37.8 Å². The maximum atomic E-state index is 12.5. The summed E-state index contributed by atoms with van der Waals surface area (Å²) in [5.74, 6) is 0.268. The van der Waals surface area contributed by atoms with Gasteiger partial charge in [0.15, 0.2) is 0 Å². The van der Waals surface area contributed by atoms with Gasteiger partial charge in [-0.3, -0.25) is 4.79 Å². The zero-order valence-corrected chi connectivity index (χ0v) is 13.9. The lowest BCUT2D eigenvalue weighted by atomic mass is 10.1. The van der Waals surface area contributed by atoms with Crippen LogP contribution < -0.4 is 5.32 Å². The third-order valence-corrected chi connectivity index (χ3v) is 4.05. The van der Waals surface area contributed by atoms with Crippen molar-refractivity contribution in [2.75, 3.05) is 19.6 Å². The van der Waals surface area contributed by atoms with Crippen molar-refractivity contribution in [1.29, 1.82) is 0 Å². The molecule has 1 aromatic carbocycles. The number of nitrogens with zero attached hydrogens (tertiary/aromatic N) is 1. The van der Waals surface area contributed by atoms with Gasteiger partial charge >= 0.3 is 0 Å². The lowest BCUT2D eigenvalue weighted by Gasteiger charge is -2.28. The molecule has 1 atom stereocenters. The third kappa shape index (κ3) is 5.01. The Labute approximate surface area is 134 Å². The summed E-state index contributed by atoms with van der Waals surface area (Å²) in [5, 5.41) is 3.35. The zero-order chi connectivity index (χ0) is 14.4. The van der Waals surface area contributed by atoms with Crippen LogP contribution in [0.25, 0.3) is 0 Å². The van der Waals surface area contributed by atoms with Crippen molar-refractivity contribution in [2.45, 2.75) is 45.6 Å². The Morgan fingerprint density at radius 2 is 1.90 bits per heavy atom. The van der Waals surface area contributed by atoms with E-state index in [1.54, 1.807) is 0 Å². The van der Waals surface area contributed by atoms with Crippen LogP contribution in [-0.4, -0.2) is 36.5 Å². The summed E-state index contributed by atoms with van der Waals surface area (Å²) in [6.45, 7) is 7.14. The van der Waals surface area contributed by atoms with Gasteiger partial charge in [0, 0.05) is 19.1 Å². The average molecular weight is 311 g/mol. The fraction of sp³-hybridized carbons (Fsp3) is 0.588. The summed E-state index contributed by atoms with van der Waals surface area (Å²) >= 11 is 0. The van der Waals surface area contributed by atoms with Gasteiger partial charge in [-0.05, 0) is 36.9 Å². The molecule has 0 aliphatic carbocycles. The summed E-state index contributed by atoms with van der Waals surface area (Å²) in [6.07, 6.45) is 3.68. The Hall–Kier alpha value is -1.06. The number of rotatable bonds is 6. The molecule has 0 bridgehead atoms. The van der Waals surface area contributed by atoms with Crippen molar-refractivity contribution >= 4 is 18.3 Å². The van der Waals surface area contributed by atoms with E-state index in [1.165, 1.54) is 5.56 Å². The molecule has 21 heavy (non-hydrogen) atoms. The smallest absolute Gasteiger partial charge is 0.227 e. The van der Waals surface area contributed by atoms with Crippen molar-refractivity contribution < 1.29 is 4.79 Å². The van der Waals surface area contributed by atoms with Crippen molar-refractivity contribution in [3.63, 3.8) is 0 Å². The third-order valence-electron chi connectivity index (χ3n) is 4.05. The van der Waals surface area contributed by atoms with E-state index in [9.17, 15) is 4.79 Å². The van der Waals surface area contributed by atoms with Gasteiger partial charge in [0.25, 0.3) is 0 Å². The number of hydrogen-bond acceptors (Lipinski definition) is 2. The second kappa shape index (κ2) is 9.06. The van der Waals surface area contributed by atoms with Crippen LogP contribution in [0.4, 0.5) is 0 Å². The number of aryl methyl sites for hydroxylation is 1. The average Bonchev–Trinajstić information content (AvgIpc) is 2.99. The number of hydrogen-bond donors (Lipinski definition) is 1. The van der Waals surface area contributed by atoms with E-state index >= 15 is 0 Å². The Kier molecular flexibility index (Phi) is 7.76. The van der Waals surface area contributed by atoms with E-state index in [4.69, 9.17) is 0 Å². The predicted octanol–water partition coefficient (Wildman–Crippen LogP) is 2.81. The molecule has 3 nitrogen and oxygen atoms in total. The number of nitrogens with one attached hydrogen (secondary N) is 1. The predicted molar refractivity (Wildman–Crippen MR) is 90.1 cm³/mol. The molecule has 0 saturated carbocycles. The first-order chi connectivity index (χ1) is 9.74. The van der Waals surface area contributed by atoms with Crippen LogP contribution in [0, 0.1) is 0 Å². The molecular weight excluding hydrogens is 284 g/mol. The van der Waals surface area contributed by atoms with Gasteiger partial charge in [-0.15, -0.1) is 12.4 Å². The van der Waals surface area contributed by atoms with Crippen LogP contribution >= 0.6 is 12.4 Å². The van der Waals surface area contributed by atoms with Gasteiger partial charge in [-0.1, -0.05) is 38.1 Å². The highest BCUT2D eigenvalue weighted by Gasteiger charge is 2.25. The molecular formula is C17H27ClN2O. The largest absolute Gasteiger partial charge is 0.338 e. The number of benzene rings is 1. The van der Waals surface area contributed by atoms with Gasteiger partial charge < -0.3 is 10.2 Å². The molecule has 1 aliphatic heterocycles. The second-order valence-corrected chi connectivity index (χ2v) is 5.58. The Morgan fingerprint density at radius 1 is 1.24 bits per heavy atom. The Morgan fingerprint density at radius 3 is 2.43 bits per heavy atom. The summed E-state index contributed by atoms with van der Waals surface area (Å²) in [7, 11) is 0. The molecule has 1 saturated heterocycles. The maximum absolute atomic E-state index is 12.5. The number of carbonyl (C=O) groups is 1. The van der Waals surface area contributed by atoms with E-state index in [1.807, 2.05) is 0 Å². The topological polar surface area (TPSA) is 32.3 Å². The van der Waals surface area contributed by atoms with Gasteiger partial charge in [-0.25, -0.2) is 0 Å². The fourth-order valence-electron chi connectivity index (χ4n) is 2.83. The van der Waals surface area contributed by atoms with E-state index in [2.05, 4.69) is 48.3 Å². The summed E-state index contributed by atoms with van der Waals surface area (Å²) < 4.78 is 0. The first kappa shape index (κ1) is 18.0. The van der Waals surface area contributed by atoms with E-state index < -0.39 is 0 Å². The van der Waals surface area contributed by atoms with Gasteiger partial charge in [-0.2, -0.15) is 0 Å². The molecule has 0 radical (unpaired) electrons. The Balaban J connectivity index is 0.00000220. The monoisotopic (exact) mass is 310 g/mol. The molecule has 1 heterocycles. The zero-order valence-electron chi connectivity index (χ0n) is 13.1. The highest BCUT2D eigenvalue weighted by atomic mass is 35.5. The van der Waals surface area contributed by atoms with E-state index in [0.717, 1.165) is 44.5 Å². The fourth-order valence-corrected chi connectivity index (χ4v) is 2.83. The van der Waals surface area contributed by atoms with E-state index in [0.29, 0.717) is 12.5 Å². The summed E-state index contributed by atoms with van der Waals surface area (Å²) in [4.78, 5) is 14.6. The summed E-state index contributed by atoms with van der Waals surface area (Å²) in [6, 6.07) is 8.83. The molecule has 4 heteroatoms. The molecule has 1 N–H and O–H groups in total. The van der Waals surface area contributed by atoms with Crippen molar-refractivity contribution in [1.82, 2.24) is 10.2 Å². The first-order valence-electron chi connectivity index (χ1n) is 7.82. The number of carbonyl (C=O) groups excluding carboxylic acids is 1. The van der Waals surface area contributed by atoms with Gasteiger partial charge in [0.2, 0.25) is 5.91 Å². The lowest BCUT2D eigenvalue weighted by Crippen LogP contribution is -2.42. The van der Waals surface area contributed by atoms with Crippen LogP contribution in [0.5, 0.6) is 0 Å². The van der Waals surface area contributed by atoms with Crippen molar-refractivity contribution in [3.8, 4) is 0 Å². The van der Waals surface area contributed by atoms with Gasteiger partial charge in [0.05, 0.1) is 6.42 Å². The number of halogens is 1. The van der Waals surface area contributed by atoms with Crippen LogP contribution in [-0.2, 0) is 17.6 Å². The highest BCUT2D eigenvalue weighted by molar-refractivity contribution is 5.85. The molecule has 1 aliphatic rings. The molecule has 1 fully saturated rings. The van der Waals surface area contributed by atoms with Crippen LogP contribution in [0.15, 0.2) is 24.3 Å². The van der Waals surface area contributed by atoms with Crippen molar-refractivity contribution in [3.05, 3.63) is 35.4 Å². The summed E-state index contributed by atoms with van der Waals surface area (Å²) in [5.41, 5.74) is 2.45. The van der Waals surface area contributed by atoms with E-state index in [-0.39, 0.29) is 18.3 Å². The quantitative estimate of drug-likeness (QED) is 0.876. The molecule has 1 aromatic rings. The van der Waals surface area contributed by atoms with Gasteiger partial charge in [0.1, 0.15) is 0 Å². The first-order valence-corrected chi connectivity index (χ1v) is 7.82. The van der Waals surface area contributed by atoms with Crippen molar-refractivity contribution in [2.24, 2.45) is 0 Å². The second-order valence-electron chi connectivity index (χ2n) is 5.58. The molecule has 1 unspecified atom stereocenters. The maximum Gasteiger partial charge on any atom is 0.227 e. The van der Waals surface area contributed by atoms with Crippen LogP contribution in [0.3, 0.4) is 0 Å². The minimum atomic E-state index is 0. The normalized spacial score (nSPS) is 17.3. The molecule has 2 rings (SSSR count). The molecule has 1 amide bonds. The lowest BCUT2D eigenvalue weighted by molar-refractivity contribution is -0.132. The van der Waals surface area contributed by atoms with Crippen LogP contribution in [0.2, 0.25) is 0 Å². The minimum absolute atomic E-state index is 0. The molecule has 0 spiro atoms. The highest BCUT2D eigenvalue weighted by Crippen LogP contribution is 2.13. The SMILES string of the molecule is CCCN(C(=O)Cc1ccc(CC)cc1)C1CCNC1.Cl. The minimum Gasteiger partial charge on any atom is -0.338 e.